The van der Waals surface area contributed by atoms with Gasteiger partial charge >= 0.3 is 12.1 Å². The van der Waals surface area contributed by atoms with E-state index in [1.54, 1.807) is 20.8 Å². The number of amides is 1. The molecule has 0 heterocycles. The minimum atomic E-state index is -1.09. The Hall–Kier alpha value is -2.04. The van der Waals surface area contributed by atoms with Crippen molar-refractivity contribution in [3.05, 3.63) is 35.4 Å². The molecule has 20 heavy (non-hydrogen) atoms. The molecule has 5 heteroatoms. The van der Waals surface area contributed by atoms with E-state index in [1.165, 1.54) is 0 Å². The van der Waals surface area contributed by atoms with Gasteiger partial charge in [0.05, 0.1) is 0 Å². The van der Waals surface area contributed by atoms with E-state index >= 15 is 0 Å². The van der Waals surface area contributed by atoms with E-state index in [2.05, 4.69) is 5.32 Å². The number of aryl methyl sites for hydroxylation is 1. The van der Waals surface area contributed by atoms with Gasteiger partial charge in [0.1, 0.15) is 11.6 Å². The number of alkyl carbamates (subject to hydrolysis) is 1. The SMILES string of the molecule is Cc1cccc(C[C@@H](NC(=O)OC(C)(C)C)C(=O)O)c1. The maximum atomic E-state index is 11.6. The number of ether oxygens (including phenoxy) is 1. The van der Waals surface area contributed by atoms with Gasteiger partial charge in [0.2, 0.25) is 0 Å². The van der Waals surface area contributed by atoms with Crippen LogP contribution in [0.3, 0.4) is 0 Å². The summed E-state index contributed by atoms with van der Waals surface area (Å²) in [6.45, 7) is 7.11. The second kappa shape index (κ2) is 6.41. The average molecular weight is 279 g/mol. The Morgan fingerprint density at radius 3 is 2.50 bits per heavy atom. The molecule has 0 aliphatic heterocycles. The van der Waals surface area contributed by atoms with Crippen LogP contribution in [0.2, 0.25) is 0 Å². The normalized spacial score (nSPS) is 12.6. The molecular weight excluding hydrogens is 258 g/mol. The van der Waals surface area contributed by atoms with Gasteiger partial charge in [-0.2, -0.15) is 0 Å². The molecule has 2 N–H and O–H groups in total. The predicted octanol–water partition coefficient (Wildman–Crippen LogP) is 2.52. The molecule has 0 saturated carbocycles. The number of benzene rings is 1. The zero-order valence-electron chi connectivity index (χ0n) is 12.3. The van der Waals surface area contributed by atoms with E-state index in [0.29, 0.717) is 0 Å². The van der Waals surface area contributed by atoms with Crippen LogP contribution in [0, 0.1) is 6.92 Å². The van der Waals surface area contributed by atoms with E-state index in [4.69, 9.17) is 4.74 Å². The summed E-state index contributed by atoms with van der Waals surface area (Å²) in [6.07, 6.45) is -0.506. The smallest absolute Gasteiger partial charge is 0.408 e. The second-order valence-corrected chi connectivity index (χ2v) is 5.73. The molecule has 0 bridgehead atoms. The van der Waals surface area contributed by atoms with Crippen LogP contribution in [0.15, 0.2) is 24.3 Å². The Kier molecular flexibility index (Phi) is 5.13. The highest BCUT2D eigenvalue weighted by Crippen LogP contribution is 2.09. The van der Waals surface area contributed by atoms with Crippen LogP contribution in [-0.2, 0) is 16.0 Å². The van der Waals surface area contributed by atoms with Gasteiger partial charge in [-0.1, -0.05) is 29.8 Å². The summed E-state index contributed by atoms with van der Waals surface area (Å²) >= 11 is 0. The first kappa shape index (κ1) is 16.0. The van der Waals surface area contributed by atoms with Crippen molar-refractivity contribution >= 4 is 12.1 Å². The topological polar surface area (TPSA) is 75.6 Å². The predicted molar refractivity (Wildman–Crippen MR) is 75.7 cm³/mol. The van der Waals surface area contributed by atoms with Crippen molar-refractivity contribution < 1.29 is 19.4 Å². The number of carboxylic acids is 1. The van der Waals surface area contributed by atoms with Crippen molar-refractivity contribution in [3.63, 3.8) is 0 Å². The molecule has 0 aliphatic carbocycles. The largest absolute Gasteiger partial charge is 0.480 e. The maximum absolute atomic E-state index is 11.6. The van der Waals surface area contributed by atoms with E-state index in [9.17, 15) is 14.7 Å². The van der Waals surface area contributed by atoms with Crippen molar-refractivity contribution in [2.45, 2.75) is 45.8 Å². The molecule has 0 fully saturated rings. The molecule has 110 valence electrons. The molecule has 0 aliphatic rings. The lowest BCUT2D eigenvalue weighted by Gasteiger charge is -2.22. The molecule has 0 aromatic heterocycles. The Morgan fingerprint density at radius 2 is 2.00 bits per heavy atom. The van der Waals surface area contributed by atoms with E-state index < -0.39 is 23.7 Å². The average Bonchev–Trinajstić information content (AvgIpc) is 2.25. The Morgan fingerprint density at radius 1 is 1.35 bits per heavy atom. The zero-order chi connectivity index (χ0) is 15.3. The van der Waals surface area contributed by atoms with Crippen molar-refractivity contribution in [2.75, 3.05) is 0 Å². The number of nitrogens with one attached hydrogen (secondary N) is 1. The van der Waals surface area contributed by atoms with Crippen molar-refractivity contribution in [1.29, 1.82) is 0 Å². The standard InChI is InChI=1S/C15H21NO4/c1-10-6-5-7-11(8-10)9-12(13(17)18)16-14(19)20-15(2,3)4/h5-8,12H,9H2,1-4H3,(H,16,19)(H,17,18)/t12-/m1/s1. The Bertz CT molecular complexity index is 491. The van der Waals surface area contributed by atoms with Gasteiger partial charge < -0.3 is 15.2 Å². The molecule has 5 nitrogen and oxygen atoms in total. The summed E-state index contributed by atoms with van der Waals surface area (Å²) in [4.78, 5) is 22.9. The summed E-state index contributed by atoms with van der Waals surface area (Å²) < 4.78 is 5.07. The zero-order valence-corrected chi connectivity index (χ0v) is 12.3. The molecule has 1 aromatic carbocycles. The minimum Gasteiger partial charge on any atom is -0.480 e. The Labute approximate surface area is 118 Å². The number of rotatable bonds is 4. The number of carbonyl (C=O) groups excluding carboxylic acids is 1. The number of carbonyl (C=O) groups is 2. The summed E-state index contributed by atoms with van der Waals surface area (Å²) in [7, 11) is 0. The molecule has 1 rings (SSSR count). The highest BCUT2D eigenvalue weighted by Gasteiger charge is 2.24. The van der Waals surface area contributed by atoms with Crippen LogP contribution >= 0.6 is 0 Å². The lowest BCUT2D eigenvalue weighted by molar-refractivity contribution is -0.139. The van der Waals surface area contributed by atoms with E-state index in [-0.39, 0.29) is 6.42 Å². The van der Waals surface area contributed by atoms with Crippen molar-refractivity contribution in [2.24, 2.45) is 0 Å². The summed E-state index contributed by atoms with van der Waals surface area (Å²) in [5.74, 6) is -1.09. The van der Waals surface area contributed by atoms with Crippen LogP contribution in [-0.4, -0.2) is 28.8 Å². The highest BCUT2D eigenvalue weighted by atomic mass is 16.6. The van der Waals surface area contributed by atoms with Gasteiger partial charge in [-0.3, -0.25) is 0 Å². The monoisotopic (exact) mass is 279 g/mol. The lowest BCUT2D eigenvalue weighted by atomic mass is 10.0. The van der Waals surface area contributed by atoms with Gasteiger partial charge in [-0.05, 0) is 33.3 Å². The van der Waals surface area contributed by atoms with E-state index in [0.717, 1.165) is 11.1 Å². The molecule has 1 atom stereocenters. The van der Waals surface area contributed by atoms with Crippen molar-refractivity contribution in [1.82, 2.24) is 5.32 Å². The quantitative estimate of drug-likeness (QED) is 0.888. The molecule has 1 amide bonds. The minimum absolute atomic E-state index is 0.219. The number of carboxylic acid groups (broad SMARTS) is 1. The van der Waals surface area contributed by atoms with Gasteiger partial charge in [0.15, 0.2) is 0 Å². The van der Waals surface area contributed by atoms with Crippen LogP contribution < -0.4 is 5.32 Å². The first-order valence-electron chi connectivity index (χ1n) is 6.45. The van der Waals surface area contributed by atoms with Gasteiger partial charge in [0, 0.05) is 6.42 Å². The summed E-state index contributed by atoms with van der Waals surface area (Å²) in [5, 5.41) is 11.6. The Balaban J connectivity index is 2.71. The molecule has 0 saturated heterocycles. The lowest BCUT2D eigenvalue weighted by Crippen LogP contribution is -2.44. The molecule has 0 radical (unpaired) electrons. The third-order valence-electron chi connectivity index (χ3n) is 2.51. The number of hydrogen-bond acceptors (Lipinski definition) is 3. The van der Waals surface area contributed by atoms with E-state index in [1.807, 2.05) is 31.2 Å². The first-order chi connectivity index (χ1) is 9.17. The van der Waals surface area contributed by atoms with Crippen LogP contribution in [0.4, 0.5) is 4.79 Å². The van der Waals surface area contributed by atoms with Gasteiger partial charge in [-0.25, -0.2) is 9.59 Å². The molecule has 0 spiro atoms. The first-order valence-corrected chi connectivity index (χ1v) is 6.45. The number of aliphatic carboxylic acids is 1. The summed E-state index contributed by atoms with van der Waals surface area (Å²) in [5.41, 5.74) is 1.24. The fourth-order valence-electron chi connectivity index (χ4n) is 1.72. The second-order valence-electron chi connectivity index (χ2n) is 5.73. The molecule has 0 unspecified atom stereocenters. The molecular formula is C15H21NO4. The number of hydrogen-bond donors (Lipinski definition) is 2. The third-order valence-corrected chi connectivity index (χ3v) is 2.51. The maximum Gasteiger partial charge on any atom is 0.408 e. The van der Waals surface area contributed by atoms with Crippen molar-refractivity contribution in [3.8, 4) is 0 Å². The fraction of sp³-hybridized carbons (Fsp3) is 0.467. The van der Waals surface area contributed by atoms with Crippen LogP contribution in [0.1, 0.15) is 31.9 Å². The fourth-order valence-corrected chi connectivity index (χ4v) is 1.72. The molecule has 1 aromatic rings. The van der Waals surface area contributed by atoms with Crippen LogP contribution in [0.25, 0.3) is 0 Å². The van der Waals surface area contributed by atoms with Crippen LogP contribution in [0.5, 0.6) is 0 Å². The summed E-state index contributed by atoms with van der Waals surface area (Å²) in [6, 6.07) is 6.51. The van der Waals surface area contributed by atoms with Gasteiger partial charge in [0.25, 0.3) is 0 Å². The van der Waals surface area contributed by atoms with Gasteiger partial charge in [-0.15, -0.1) is 0 Å². The third kappa shape index (κ3) is 5.73. The highest BCUT2D eigenvalue weighted by molar-refractivity contribution is 5.80.